The molecule has 1 aliphatic rings. The number of nitrogens with one attached hydrogen (secondary N) is 1. The predicted octanol–water partition coefficient (Wildman–Crippen LogP) is 0.768. The molecule has 0 unspecified atom stereocenters. The summed E-state index contributed by atoms with van der Waals surface area (Å²) in [5.74, 6) is 0. The SMILES string of the molecule is CCCN1CCc2cc(N)c(=O)[nH]c2CC1. The molecule has 4 heteroatoms. The second-order valence-corrected chi connectivity index (χ2v) is 4.40. The number of hydrogen-bond donors (Lipinski definition) is 2. The van der Waals surface area contributed by atoms with Gasteiger partial charge in [0.25, 0.3) is 5.56 Å². The van der Waals surface area contributed by atoms with Crippen molar-refractivity contribution in [3.8, 4) is 0 Å². The molecule has 0 fully saturated rings. The Hall–Kier alpha value is -1.29. The van der Waals surface area contributed by atoms with E-state index in [4.69, 9.17) is 5.73 Å². The van der Waals surface area contributed by atoms with Crippen molar-refractivity contribution in [1.29, 1.82) is 0 Å². The molecule has 0 radical (unpaired) electrons. The molecule has 0 amide bonds. The van der Waals surface area contributed by atoms with Crippen LogP contribution in [0.5, 0.6) is 0 Å². The van der Waals surface area contributed by atoms with Crippen molar-refractivity contribution in [1.82, 2.24) is 9.88 Å². The second-order valence-electron chi connectivity index (χ2n) is 4.40. The maximum absolute atomic E-state index is 11.4. The Morgan fingerprint density at radius 3 is 2.94 bits per heavy atom. The Balaban J connectivity index is 2.21. The quantitative estimate of drug-likeness (QED) is 0.775. The molecule has 0 atom stereocenters. The molecule has 2 rings (SSSR count). The van der Waals surface area contributed by atoms with Crippen LogP contribution in [0.2, 0.25) is 0 Å². The third-order valence-electron chi connectivity index (χ3n) is 3.16. The Kier molecular flexibility index (Phi) is 3.29. The number of fused-ring (bicyclic) bond motifs is 1. The number of hydrogen-bond acceptors (Lipinski definition) is 3. The number of anilines is 1. The van der Waals surface area contributed by atoms with Crippen molar-refractivity contribution in [2.24, 2.45) is 0 Å². The molecule has 4 nitrogen and oxygen atoms in total. The van der Waals surface area contributed by atoms with Crippen LogP contribution in [-0.2, 0) is 12.8 Å². The van der Waals surface area contributed by atoms with Crippen LogP contribution in [0.15, 0.2) is 10.9 Å². The van der Waals surface area contributed by atoms with E-state index in [1.165, 1.54) is 12.0 Å². The van der Waals surface area contributed by atoms with Gasteiger partial charge in [-0.25, -0.2) is 0 Å². The number of nitrogens with zero attached hydrogens (tertiary/aromatic N) is 1. The molecule has 0 aromatic carbocycles. The normalized spacial score (nSPS) is 16.8. The van der Waals surface area contributed by atoms with E-state index in [2.05, 4.69) is 16.8 Å². The fourth-order valence-electron chi connectivity index (χ4n) is 2.28. The summed E-state index contributed by atoms with van der Waals surface area (Å²) >= 11 is 0. The highest BCUT2D eigenvalue weighted by Crippen LogP contribution is 2.14. The molecule has 1 aromatic heterocycles. The van der Waals surface area contributed by atoms with Crippen molar-refractivity contribution in [2.75, 3.05) is 25.4 Å². The summed E-state index contributed by atoms with van der Waals surface area (Å²) in [5.41, 5.74) is 8.09. The lowest BCUT2D eigenvalue weighted by Gasteiger charge is -2.17. The highest BCUT2D eigenvalue weighted by Gasteiger charge is 2.14. The van der Waals surface area contributed by atoms with E-state index in [0.29, 0.717) is 5.69 Å². The number of H-pyrrole nitrogens is 1. The molecule has 1 aromatic rings. The predicted molar refractivity (Wildman–Crippen MR) is 65.6 cm³/mol. The average Bonchev–Trinajstić information content (AvgIpc) is 2.44. The molecule has 0 aliphatic carbocycles. The van der Waals surface area contributed by atoms with Crippen LogP contribution in [0.25, 0.3) is 0 Å². The van der Waals surface area contributed by atoms with E-state index in [1.54, 1.807) is 0 Å². The largest absolute Gasteiger partial charge is 0.394 e. The maximum atomic E-state index is 11.4. The fraction of sp³-hybridized carbons (Fsp3) is 0.583. The van der Waals surface area contributed by atoms with Crippen molar-refractivity contribution in [2.45, 2.75) is 26.2 Å². The number of aromatic nitrogens is 1. The summed E-state index contributed by atoms with van der Waals surface area (Å²) in [7, 11) is 0. The lowest BCUT2D eigenvalue weighted by molar-refractivity contribution is 0.288. The summed E-state index contributed by atoms with van der Waals surface area (Å²) in [6.07, 6.45) is 3.08. The number of aromatic amines is 1. The number of rotatable bonds is 2. The fourth-order valence-corrected chi connectivity index (χ4v) is 2.28. The van der Waals surface area contributed by atoms with Gasteiger partial charge in [-0.2, -0.15) is 0 Å². The van der Waals surface area contributed by atoms with Crippen LogP contribution in [0.3, 0.4) is 0 Å². The molecule has 0 saturated carbocycles. The molecular formula is C12H19N3O. The summed E-state index contributed by atoms with van der Waals surface area (Å²) < 4.78 is 0. The number of nitrogen functional groups attached to an aromatic ring is 1. The number of nitrogens with two attached hydrogens (primary N) is 1. The zero-order valence-corrected chi connectivity index (χ0v) is 9.75. The third kappa shape index (κ3) is 2.27. The Labute approximate surface area is 95.5 Å². The van der Waals surface area contributed by atoms with Gasteiger partial charge in [0.2, 0.25) is 0 Å². The van der Waals surface area contributed by atoms with Gasteiger partial charge in [-0.1, -0.05) is 6.92 Å². The zero-order chi connectivity index (χ0) is 11.5. The topological polar surface area (TPSA) is 62.1 Å². The first-order chi connectivity index (χ1) is 7.70. The smallest absolute Gasteiger partial charge is 0.271 e. The minimum Gasteiger partial charge on any atom is -0.394 e. The molecule has 0 saturated heterocycles. The van der Waals surface area contributed by atoms with E-state index >= 15 is 0 Å². The van der Waals surface area contributed by atoms with Crippen LogP contribution >= 0.6 is 0 Å². The average molecular weight is 221 g/mol. The first-order valence-corrected chi connectivity index (χ1v) is 5.93. The van der Waals surface area contributed by atoms with E-state index in [9.17, 15) is 4.79 Å². The highest BCUT2D eigenvalue weighted by molar-refractivity contribution is 5.40. The van der Waals surface area contributed by atoms with Crippen LogP contribution in [0, 0.1) is 0 Å². The summed E-state index contributed by atoms with van der Waals surface area (Å²) in [6.45, 7) is 5.42. The highest BCUT2D eigenvalue weighted by atomic mass is 16.1. The van der Waals surface area contributed by atoms with Crippen molar-refractivity contribution in [3.05, 3.63) is 27.7 Å². The van der Waals surface area contributed by atoms with E-state index in [-0.39, 0.29) is 5.56 Å². The van der Waals surface area contributed by atoms with Crippen molar-refractivity contribution >= 4 is 5.69 Å². The van der Waals surface area contributed by atoms with Crippen LogP contribution in [0.1, 0.15) is 24.6 Å². The van der Waals surface area contributed by atoms with Crippen molar-refractivity contribution < 1.29 is 0 Å². The molecule has 16 heavy (non-hydrogen) atoms. The molecule has 3 N–H and O–H groups in total. The van der Waals surface area contributed by atoms with Gasteiger partial charge in [0.05, 0.1) is 5.69 Å². The Bertz CT molecular complexity index is 425. The van der Waals surface area contributed by atoms with Gasteiger partial charge in [0.1, 0.15) is 0 Å². The second kappa shape index (κ2) is 4.70. The van der Waals surface area contributed by atoms with E-state index in [0.717, 1.165) is 38.2 Å². The summed E-state index contributed by atoms with van der Waals surface area (Å²) in [6, 6.07) is 1.84. The first kappa shape index (κ1) is 11.2. The lowest BCUT2D eigenvalue weighted by atomic mass is 10.1. The third-order valence-corrected chi connectivity index (χ3v) is 3.16. The monoisotopic (exact) mass is 221 g/mol. The Morgan fingerprint density at radius 1 is 1.44 bits per heavy atom. The van der Waals surface area contributed by atoms with E-state index in [1.807, 2.05) is 6.07 Å². The molecule has 2 heterocycles. The van der Waals surface area contributed by atoms with Gasteiger partial charge >= 0.3 is 0 Å². The minimum absolute atomic E-state index is 0.150. The molecule has 88 valence electrons. The van der Waals surface area contributed by atoms with Gasteiger partial charge < -0.3 is 15.6 Å². The summed E-state index contributed by atoms with van der Waals surface area (Å²) in [5, 5.41) is 0. The van der Waals surface area contributed by atoms with Gasteiger partial charge in [-0.15, -0.1) is 0 Å². The zero-order valence-electron chi connectivity index (χ0n) is 9.75. The molecule has 0 spiro atoms. The minimum atomic E-state index is -0.150. The van der Waals surface area contributed by atoms with Gasteiger partial charge in [-0.05, 0) is 31.0 Å². The van der Waals surface area contributed by atoms with Crippen LogP contribution in [0.4, 0.5) is 5.69 Å². The van der Waals surface area contributed by atoms with Crippen LogP contribution in [-0.4, -0.2) is 29.5 Å². The first-order valence-electron chi connectivity index (χ1n) is 5.93. The number of pyridine rings is 1. The van der Waals surface area contributed by atoms with Gasteiger partial charge in [0.15, 0.2) is 0 Å². The Morgan fingerprint density at radius 2 is 2.19 bits per heavy atom. The molecular weight excluding hydrogens is 202 g/mol. The molecule has 0 bridgehead atoms. The maximum Gasteiger partial charge on any atom is 0.271 e. The van der Waals surface area contributed by atoms with E-state index < -0.39 is 0 Å². The van der Waals surface area contributed by atoms with Gasteiger partial charge in [-0.3, -0.25) is 4.79 Å². The summed E-state index contributed by atoms with van der Waals surface area (Å²) in [4.78, 5) is 16.7. The standard InChI is InChI=1S/C12H19N3O/c1-2-5-15-6-3-9-8-10(13)12(16)14-11(9)4-7-15/h8H,2-7,13H2,1H3,(H,14,16). The molecule has 1 aliphatic heterocycles. The van der Waals surface area contributed by atoms with Crippen molar-refractivity contribution in [3.63, 3.8) is 0 Å². The van der Waals surface area contributed by atoms with Crippen LogP contribution < -0.4 is 11.3 Å². The lowest BCUT2D eigenvalue weighted by Crippen LogP contribution is -2.27. The van der Waals surface area contributed by atoms with Gasteiger partial charge in [0, 0.05) is 25.2 Å².